The number of halogens is 4. The second kappa shape index (κ2) is 15.5. The van der Waals surface area contributed by atoms with E-state index in [9.17, 15) is 23.1 Å². The molecule has 0 spiro atoms. The Morgan fingerprint density at radius 3 is 2.63 bits per heavy atom. The number of carbonyl (C=O) groups is 2. The molecule has 1 unspecified atom stereocenters. The summed E-state index contributed by atoms with van der Waals surface area (Å²) < 4.78 is 64.9. The van der Waals surface area contributed by atoms with Crippen LogP contribution < -0.4 is 10.1 Å². The van der Waals surface area contributed by atoms with E-state index < -0.39 is 60.0 Å². The summed E-state index contributed by atoms with van der Waals surface area (Å²) >= 11 is 6.05. The fourth-order valence-electron chi connectivity index (χ4n) is 9.40. The van der Waals surface area contributed by atoms with Gasteiger partial charge in [0.15, 0.2) is 0 Å². The van der Waals surface area contributed by atoms with Gasteiger partial charge in [0.1, 0.15) is 59.6 Å². The molecule has 16 heteroatoms. The average Bonchev–Trinajstić information content (AvgIpc) is 3.47. The van der Waals surface area contributed by atoms with Gasteiger partial charge in [-0.3, -0.25) is 24.4 Å². The fourth-order valence-corrected chi connectivity index (χ4v) is 9.53. The number of β-amino-alcohol motifs (C(OH)–C–C–N with tert-alkyl or cyclic N) is 1. The number of amides is 2. The van der Waals surface area contributed by atoms with Crippen LogP contribution in [-0.4, -0.2) is 106 Å². The molecule has 5 aromatic rings. The monoisotopic (exact) mass is 847 g/mol. The molecule has 0 radical (unpaired) electrons. The largest absolute Gasteiger partial charge is 0.490 e. The quantitative estimate of drug-likeness (QED) is 0.144. The molecule has 6 atom stereocenters. The Kier molecular flexibility index (Phi) is 10.5. The number of hydrogen-bond acceptors (Lipinski definition) is 10. The Labute approximate surface area is 349 Å². The minimum absolute atomic E-state index is 0.00484. The number of carbonyl (C=O) groups excluding carboxylic acids is 2. The third-order valence-electron chi connectivity index (χ3n) is 12.2. The summed E-state index contributed by atoms with van der Waals surface area (Å²) in [6.45, 7) is 3.51. The maximum absolute atomic E-state index is 15.3. The van der Waals surface area contributed by atoms with E-state index in [0.717, 1.165) is 16.5 Å². The summed E-state index contributed by atoms with van der Waals surface area (Å²) in [4.78, 5) is 38.6. The number of nitrogens with one attached hydrogen (secondary N) is 1. The van der Waals surface area contributed by atoms with Crippen LogP contribution in [0.15, 0.2) is 94.0 Å². The molecule has 3 aromatic heterocycles. The first-order valence-electron chi connectivity index (χ1n) is 20.1. The minimum Gasteiger partial charge on any atom is -0.490 e. The zero-order chi connectivity index (χ0) is 42.0. The van der Waals surface area contributed by atoms with Gasteiger partial charge in [-0.2, -0.15) is 13.2 Å². The predicted octanol–water partition coefficient (Wildman–Crippen LogP) is 6.93. The van der Waals surface area contributed by atoms with Crippen molar-refractivity contribution in [3.8, 4) is 17.1 Å². The summed E-state index contributed by atoms with van der Waals surface area (Å²) in [5, 5.41) is 15.5. The van der Waals surface area contributed by atoms with Crippen molar-refractivity contribution in [1.29, 1.82) is 0 Å². The van der Waals surface area contributed by atoms with Gasteiger partial charge in [-0.1, -0.05) is 29.8 Å². The number of para-hydroxylation sites is 1. The van der Waals surface area contributed by atoms with Gasteiger partial charge < -0.3 is 33.6 Å². The lowest BCUT2D eigenvalue weighted by atomic mass is 9.89. The molecule has 2 N–H and O–H groups in total. The standard InChI is InChI=1S/C44H45ClF3N5O7/c1-42(2)53(39-31-5-3-4-6-36(31)57-24-38(39)60-42)41(56)43(19-32(43)37-17-27-20-49-14-13-35(27)59-37)18-29(54)21-52-16-15-51(23-33(52)40(55)50-25-44(46,47)48)22-30-11-12-34(58-30)26-7-9-28(45)10-8-26/h3-14,17,20,29,32-33,38-39,54H,15-16,18-19,21-25H2,1-2H3,(H,50,55)/t29-,32-,33-,38+,39-,43?/m0/s1. The number of piperazine rings is 1. The fraction of sp³-hybridized carbons (Fsp3) is 0.432. The molecule has 2 aromatic carbocycles. The van der Waals surface area contributed by atoms with Crippen LogP contribution in [0.4, 0.5) is 13.2 Å². The van der Waals surface area contributed by atoms with E-state index in [1.54, 1.807) is 40.4 Å². The molecule has 60 heavy (non-hydrogen) atoms. The molecule has 3 aliphatic heterocycles. The van der Waals surface area contributed by atoms with Crippen LogP contribution in [0.3, 0.4) is 0 Å². The van der Waals surface area contributed by atoms with Crippen LogP contribution in [0.5, 0.6) is 5.75 Å². The highest BCUT2D eigenvalue weighted by atomic mass is 35.5. The molecule has 12 nitrogen and oxygen atoms in total. The van der Waals surface area contributed by atoms with Crippen molar-refractivity contribution in [2.75, 3.05) is 39.3 Å². The van der Waals surface area contributed by atoms with Crippen LogP contribution in [-0.2, 0) is 20.9 Å². The highest BCUT2D eigenvalue weighted by Gasteiger charge is 2.67. The molecular weight excluding hydrogens is 803 g/mol. The number of ether oxygens (including phenoxy) is 2. The summed E-state index contributed by atoms with van der Waals surface area (Å²) in [6.07, 6.45) is -2.48. The second-order valence-corrected chi connectivity index (χ2v) is 17.2. The molecule has 9 rings (SSSR count). The van der Waals surface area contributed by atoms with Gasteiger partial charge >= 0.3 is 6.18 Å². The number of benzene rings is 2. The Morgan fingerprint density at radius 2 is 1.85 bits per heavy atom. The lowest BCUT2D eigenvalue weighted by Crippen LogP contribution is -2.60. The second-order valence-electron chi connectivity index (χ2n) is 16.8. The van der Waals surface area contributed by atoms with Gasteiger partial charge in [0, 0.05) is 66.0 Å². The number of furan rings is 2. The lowest BCUT2D eigenvalue weighted by Gasteiger charge is -2.42. The van der Waals surface area contributed by atoms with E-state index in [1.165, 1.54) is 0 Å². The maximum atomic E-state index is 15.3. The van der Waals surface area contributed by atoms with Gasteiger partial charge in [-0.25, -0.2) is 0 Å². The van der Waals surface area contributed by atoms with Gasteiger partial charge in [0.25, 0.3) is 0 Å². The number of nitrogens with zero attached hydrogens (tertiary/aromatic N) is 4. The first kappa shape index (κ1) is 40.5. The summed E-state index contributed by atoms with van der Waals surface area (Å²) in [6, 6.07) is 20.6. The van der Waals surface area contributed by atoms with Crippen molar-refractivity contribution in [2.24, 2.45) is 5.41 Å². The first-order valence-corrected chi connectivity index (χ1v) is 20.5. The number of rotatable bonds is 11. The van der Waals surface area contributed by atoms with E-state index in [4.69, 9.17) is 29.9 Å². The number of aliphatic hydroxyl groups is 1. The predicted molar refractivity (Wildman–Crippen MR) is 214 cm³/mol. The maximum Gasteiger partial charge on any atom is 0.405 e. The first-order chi connectivity index (χ1) is 28.7. The van der Waals surface area contributed by atoms with Gasteiger partial charge in [0.05, 0.1) is 24.1 Å². The van der Waals surface area contributed by atoms with Crippen molar-refractivity contribution in [3.05, 3.63) is 107 Å². The van der Waals surface area contributed by atoms with Crippen molar-refractivity contribution in [2.45, 2.75) is 75.3 Å². The number of hydrogen-bond donors (Lipinski definition) is 2. The number of fused-ring (bicyclic) bond motifs is 4. The molecular formula is C44H45ClF3N5O7. The zero-order valence-corrected chi connectivity index (χ0v) is 33.8. The molecule has 3 fully saturated rings. The molecule has 1 saturated carbocycles. The summed E-state index contributed by atoms with van der Waals surface area (Å²) in [7, 11) is 0. The van der Waals surface area contributed by atoms with E-state index in [2.05, 4.69) is 10.3 Å². The third-order valence-corrected chi connectivity index (χ3v) is 12.5. The van der Waals surface area contributed by atoms with Gasteiger partial charge in [-0.15, -0.1) is 0 Å². The normalized spacial score (nSPS) is 25.7. The third kappa shape index (κ3) is 7.89. The van der Waals surface area contributed by atoms with Crippen LogP contribution in [0.1, 0.15) is 55.7 Å². The van der Waals surface area contributed by atoms with Crippen LogP contribution >= 0.6 is 11.6 Å². The Hall–Kier alpha value is -4.93. The van der Waals surface area contributed by atoms with Gasteiger partial charge in [-0.05, 0) is 81.3 Å². The Morgan fingerprint density at radius 1 is 1.05 bits per heavy atom. The number of alkyl halides is 3. The van der Waals surface area contributed by atoms with Crippen LogP contribution in [0.25, 0.3) is 22.3 Å². The minimum atomic E-state index is -4.61. The summed E-state index contributed by atoms with van der Waals surface area (Å²) in [5.74, 6) is 1.10. The van der Waals surface area contributed by atoms with Crippen molar-refractivity contribution in [1.82, 2.24) is 25.0 Å². The molecule has 2 saturated heterocycles. The molecule has 4 aliphatic rings. The molecule has 2 amide bonds. The average molecular weight is 848 g/mol. The van der Waals surface area contributed by atoms with E-state index in [1.807, 2.05) is 73.3 Å². The molecule has 1 aliphatic carbocycles. The smallest absolute Gasteiger partial charge is 0.405 e. The van der Waals surface area contributed by atoms with E-state index in [-0.39, 0.29) is 38.6 Å². The van der Waals surface area contributed by atoms with Crippen molar-refractivity contribution in [3.63, 3.8) is 0 Å². The molecule has 0 bridgehead atoms. The summed E-state index contributed by atoms with van der Waals surface area (Å²) in [5.41, 5.74) is 0.131. The SMILES string of the molecule is CC1(C)O[C@@H]2COc3ccccc3[C@@H]2N1C(=O)C1(C[C@H](O)CN2CCN(Cc3ccc(-c4ccc(Cl)cc4)o3)C[C@H]2C(=O)NCC(F)(F)F)C[C@H]1c1cc2cnccc2o1. The number of pyridine rings is 1. The highest BCUT2D eigenvalue weighted by Crippen LogP contribution is 2.65. The molecule has 6 heterocycles. The Balaban J connectivity index is 0.969. The topological polar surface area (TPSA) is 134 Å². The van der Waals surface area contributed by atoms with E-state index in [0.29, 0.717) is 53.1 Å². The Bertz CT molecular complexity index is 2350. The van der Waals surface area contributed by atoms with Crippen molar-refractivity contribution >= 4 is 34.4 Å². The van der Waals surface area contributed by atoms with Crippen molar-refractivity contribution < 1.29 is 46.2 Å². The van der Waals surface area contributed by atoms with Crippen LogP contribution in [0.2, 0.25) is 5.02 Å². The zero-order valence-electron chi connectivity index (χ0n) is 33.0. The van der Waals surface area contributed by atoms with Crippen LogP contribution in [0, 0.1) is 5.41 Å². The van der Waals surface area contributed by atoms with E-state index >= 15 is 4.79 Å². The van der Waals surface area contributed by atoms with Gasteiger partial charge in [0.2, 0.25) is 11.8 Å². The molecule has 316 valence electrons. The number of aromatic nitrogens is 1. The lowest BCUT2D eigenvalue weighted by molar-refractivity contribution is -0.155. The highest BCUT2D eigenvalue weighted by molar-refractivity contribution is 6.30. The number of aliphatic hydroxyl groups excluding tert-OH is 1.